The summed E-state index contributed by atoms with van der Waals surface area (Å²) >= 11 is 0. The molecule has 30 heavy (non-hydrogen) atoms. The van der Waals surface area contributed by atoms with Gasteiger partial charge in [-0.15, -0.1) is 0 Å². The van der Waals surface area contributed by atoms with Crippen molar-refractivity contribution >= 4 is 0 Å². The molecule has 0 spiro atoms. The van der Waals surface area contributed by atoms with Crippen LogP contribution in [0.1, 0.15) is 45.7 Å². The molecule has 0 radical (unpaired) electrons. The molecule has 1 aromatic heterocycles. The summed E-state index contributed by atoms with van der Waals surface area (Å²) in [5, 5.41) is 25.9. The summed E-state index contributed by atoms with van der Waals surface area (Å²) in [6.45, 7) is 3.50. The van der Waals surface area contributed by atoms with Gasteiger partial charge in [0.1, 0.15) is 11.8 Å². The summed E-state index contributed by atoms with van der Waals surface area (Å²) in [4.78, 5) is 4.53. The van der Waals surface area contributed by atoms with Gasteiger partial charge in [-0.2, -0.15) is 10.2 Å². The molecule has 0 saturated heterocycles. The van der Waals surface area contributed by atoms with Crippen LogP contribution in [0, 0.1) is 11.3 Å². The minimum absolute atomic E-state index is 0.0301. The maximum Gasteiger partial charge on any atom is 0.258 e. The van der Waals surface area contributed by atoms with Crippen LogP contribution in [0.15, 0.2) is 40.9 Å². The second-order valence-electron chi connectivity index (χ2n) is 7.22. The fourth-order valence-corrected chi connectivity index (χ4v) is 3.63. The molecule has 0 bridgehead atoms. The maximum atomic E-state index is 9.49. The molecule has 2 aromatic carbocycles. The van der Waals surface area contributed by atoms with Gasteiger partial charge in [-0.25, -0.2) is 0 Å². The molecular formula is C23H24N4O3. The lowest BCUT2D eigenvalue weighted by Crippen LogP contribution is -2.22. The average molecular weight is 406 g/mol. The Balaban J connectivity index is 1.66. The van der Waals surface area contributed by atoms with Gasteiger partial charge in [0, 0.05) is 23.7 Å². The molecule has 154 valence electrons. The lowest BCUT2D eigenvalue weighted by molar-refractivity contribution is 0.241. The van der Waals surface area contributed by atoms with Gasteiger partial charge in [-0.05, 0) is 56.0 Å². The summed E-state index contributed by atoms with van der Waals surface area (Å²) in [7, 11) is 0. The molecule has 0 unspecified atom stereocenters. The molecule has 0 fully saturated rings. The minimum Gasteiger partial charge on any atom is -0.490 e. The van der Waals surface area contributed by atoms with Gasteiger partial charge in [-0.1, -0.05) is 23.4 Å². The van der Waals surface area contributed by atoms with Crippen molar-refractivity contribution in [2.75, 3.05) is 13.2 Å². The van der Waals surface area contributed by atoms with E-state index in [4.69, 9.17) is 17.1 Å². The number of hydrogen-bond donors (Lipinski definition) is 2. The number of aromatic nitrogens is 2. The van der Waals surface area contributed by atoms with E-state index in [0.717, 1.165) is 16.7 Å². The fourth-order valence-electron chi connectivity index (χ4n) is 3.63. The zero-order valence-electron chi connectivity index (χ0n) is 18.9. The Morgan fingerprint density at radius 2 is 2.30 bits per heavy atom. The van der Waals surface area contributed by atoms with E-state index in [1.165, 1.54) is 0 Å². The van der Waals surface area contributed by atoms with Crippen molar-refractivity contribution in [3.05, 3.63) is 53.1 Å². The van der Waals surface area contributed by atoms with E-state index in [2.05, 4.69) is 21.5 Å². The molecule has 0 saturated carbocycles. The van der Waals surface area contributed by atoms with Gasteiger partial charge in [0.2, 0.25) is 5.82 Å². The number of nitrogens with one attached hydrogen (secondary N) is 1. The van der Waals surface area contributed by atoms with Crippen molar-refractivity contribution in [3.8, 4) is 34.7 Å². The number of nitrogens with zero attached hydrogens (tertiary/aromatic N) is 3. The van der Waals surface area contributed by atoms with Crippen molar-refractivity contribution in [2.45, 2.75) is 38.8 Å². The second-order valence-corrected chi connectivity index (χ2v) is 7.22. The largest absolute Gasteiger partial charge is 0.490 e. The number of nitriles is 1. The quantitative estimate of drug-likeness (QED) is 0.617. The van der Waals surface area contributed by atoms with Crippen molar-refractivity contribution in [2.24, 2.45) is 0 Å². The van der Waals surface area contributed by atoms with Crippen molar-refractivity contribution < 1.29 is 17.1 Å². The van der Waals surface area contributed by atoms with Crippen LogP contribution in [0.5, 0.6) is 5.75 Å². The molecule has 1 atom stereocenters. The molecule has 1 aliphatic carbocycles. The first-order valence-corrected chi connectivity index (χ1v) is 9.80. The number of aliphatic hydroxyl groups is 1. The molecule has 0 aliphatic heterocycles. The average Bonchev–Trinajstić information content (AvgIpc) is 3.37. The Morgan fingerprint density at radius 3 is 3.07 bits per heavy atom. The third-order valence-corrected chi connectivity index (χ3v) is 4.90. The van der Waals surface area contributed by atoms with E-state index < -0.39 is 12.1 Å². The van der Waals surface area contributed by atoms with E-state index in [0.29, 0.717) is 36.5 Å². The standard InChI is InChI=1S/C23H24N4O3/c1-14(2)29-21-9-6-15(12-16(21)13-24)23-26-22(27-30-23)19-5-3-4-18-17(19)7-8-20(18)25-10-11-28/h3-6,9,12,14,20,25,28H,7-8,10-11H2,1-2H3/t20-/m0/s1/i14D,20D. The normalized spacial score (nSPS) is 19.0. The number of aliphatic hydroxyl groups excluding tert-OH is 1. The van der Waals surface area contributed by atoms with Gasteiger partial charge < -0.3 is 19.7 Å². The van der Waals surface area contributed by atoms with Crippen molar-refractivity contribution in [1.29, 1.82) is 5.26 Å². The van der Waals surface area contributed by atoms with Gasteiger partial charge in [0.15, 0.2) is 0 Å². The highest BCUT2D eigenvalue weighted by Gasteiger charge is 2.26. The number of fused-ring (bicyclic) bond motifs is 1. The Bertz CT molecular complexity index is 1180. The Kier molecular flexibility index (Phi) is 5.09. The van der Waals surface area contributed by atoms with Crippen LogP contribution in [0.4, 0.5) is 0 Å². The molecule has 1 heterocycles. The summed E-state index contributed by atoms with van der Waals surface area (Å²) in [6, 6.07) is 11.7. The summed E-state index contributed by atoms with van der Waals surface area (Å²) in [6.07, 6.45) is 0.103. The smallest absolute Gasteiger partial charge is 0.258 e. The Labute approximate surface area is 178 Å². The van der Waals surface area contributed by atoms with Crippen LogP contribution < -0.4 is 10.1 Å². The lowest BCUT2D eigenvalue weighted by atomic mass is 10.0. The molecule has 2 N–H and O–H groups in total. The summed E-state index contributed by atoms with van der Waals surface area (Å²) < 4.78 is 27.6. The van der Waals surface area contributed by atoms with Gasteiger partial charge in [0.25, 0.3) is 5.89 Å². The predicted molar refractivity (Wildman–Crippen MR) is 112 cm³/mol. The van der Waals surface area contributed by atoms with Gasteiger partial charge in [-0.3, -0.25) is 0 Å². The van der Waals surface area contributed by atoms with Crippen LogP contribution in [0.3, 0.4) is 0 Å². The molecule has 4 rings (SSSR count). The third kappa shape index (κ3) is 3.92. The molecule has 3 aromatic rings. The van der Waals surface area contributed by atoms with Gasteiger partial charge >= 0.3 is 0 Å². The first-order chi connectivity index (χ1) is 15.2. The second kappa shape index (κ2) is 8.66. The molecule has 7 heteroatoms. The number of benzene rings is 2. The summed E-state index contributed by atoms with van der Waals surface area (Å²) in [5.74, 6) is 0.993. The highest BCUT2D eigenvalue weighted by Crippen LogP contribution is 2.37. The minimum atomic E-state index is -1.17. The topological polar surface area (TPSA) is 104 Å². The van der Waals surface area contributed by atoms with Crippen LogP contribution in [-0.4, -0.2) is 34.5 Å². The van der Waals surface area contributed by atoms with Crippen LogP contribution in [0.25, 0.3) is 22.8 Å². The predicted octanol–water partition coefficient (Wildman–Crippen LogP) is 3.63. The molecule has 1 aliphatic rings. The van der Waals surface area contributed by atoms with Crippen LogP contribution in [0.2, 0.25) is 0 Å². The van der Waals surface area contributed by atoms with E-state index >= 15 is 0 Å². The lowest BCUT2D eigenvalue weighted by Gasteiger charge is -2.13. The fraction of sp³-hybridized carbons (Fsp3) is 0.348. The zero-order valence-corrected chi connectivity index (χ0v) is 16.9. The highest BCUT2D eigenvalue weighted by atomic mass is 16.5. The van der Waals surface area contributed by atoms with Crippen LogP contribution in [-0.2, 0) is 6.42 Å². The van der Waals surface area contributed by atoms with Crippen LogP contribution >= 0.6 is 0 Å². The van der Waals surface area contributed by atoms with Gasteiger partial charge in [0.05, 0.1) is 21.0 Å². The number of rotatable bonds is 7. The first kappa shape index (κ1) is 17.6. The zero-order chi connectivity index (χ0) is 22.9. The third-order valence-electron chi connectivity index (χ3n) is 4.90. The molecule has 7 nitrogen and oxygen atoms in total. The van der Waals surface area contributed by atoms with E-state index in [-0.39, 0.29) is 18.1 Å². The Hall–Kier alpha value is -3.21. The SMILES string of the molecule is [2H]C(C)(C)Oc1ccc(-c2nc(-c3cccc4c3CC[C@]4([2H])NCCO)no2)cc1C#N. The van der Waals surface area contributed by atoms with E-state index in [9.17, 15) is 5.26 Å². The van der Waals surface area contributed by atoms with E-state index in [1.54, 1.807) is 32.0 Å². The van der Waals surface area contributed by atoms with Crippen molar-refractivity contribution in [1.82, 2.24) is 15.5 Å². The number of ether oxygens (including phenoxy) is 1. The number of hydrogen-bond acceptors (Lipinski definition) is 7. The first-order valence-electron chi connectivity index (χ1n) is 10.8. The summed E-state index contributed by atoms with van der Waals surface area (Å²) in [5.41, 5.74) is 3.48. The molecular weight excluding hydrogens is 380 g/mol. The monoisotopic (exact) mass is 406 g/mol. The van der Waals surface area contributed by atoms with E-state index in [1.807, 2.05) is 18.2 Å². The highest BCUT2D eigenvalue weighted by molar-refractivity contribution is 5.67. The van der Waals surface area contributed by atoms with Crippen molar-refractivity contribution in [3.63, 3.8) is 0 Å². The maximum absolute atomic E-state index is 9.49. The Morgan fingerprint density at radius 1 is 1.43 bits per heavy atom. The molecule has 0 amide bonds.